The Labute approximate surface area is 187 Å². The normalized spacial score (nSPS) is 25.1. The van der Waals surface area contributed by atoms with Crippen LogP contribution in [0.1, 0.15) is 58.2 Å². The SMILES string of the molecule is C=CC[C@]1(O[Si](CC)(CC)CC)CCC2=Cc3c(cnn3-c3ccc(F)cc3)C[C@@]21C. The van der Waals surface area contributed by atoms with Gasteiger partial charge in [0.2, 0.25) is 0 Å². The highest BCUT2D eigenvalue weighted by Gasteiger charge is 2.58. The van der Waals surface area contributed by atoms with Gasteiger partial charge in [0.25, 0.3) is 0 Å². The number of rotatable bonds is 8. The topological polar surface area (TPSA) is 27.1 Å². The van der Waals surface area contributed by atoms with E-state index in [1.807, 2.05) is 10.9 Å². The first kappa shape index (κ1) is 22.2. The quantitative estimate of drug-likeness (QED) is 0.325. The predicted molar refractivity (Wildman–Crippen MR) is 128 cm³/mol. The van der Waals surface area contributed by atoms with Crippen molar-refractivity contribution in [3.8, 4) is 5.69 Å². The van der Waals surface area contributed by atoms with Crippen molar-refractivity contribution in [3.63, 3.8) is 0 Å². The fourth-order valence-electron chi connectivity index (χ4n) is 5.85. The molecule has 1 aromatic heterocycles. The maximum atomic E-state index is 13.4. The summed E-state index contributed by atoms with van der Waals surface area (Å²) in [6.07, 6.45) is 10.3. The van der Waals surface area contributed by atoms with Gasteiger partial charge in [-0.2, -0.15) is 5.10 Å². The summed E-state index contributed by atoms with van der Waals surface area (Å²) in [7, 11) is -1.79. The molecule has 2 aliphatic carbocycles. The fourth-order valence-corrected chi connectivity index (χ4v) is 9.02. The van der Waals surface area contributed by atoms with E-state index in [1.165, 1.54) is 23.3 Å². The molecule has 0 unspecified atom stereocenters. The Hall–Kier alpha value is -1.98. The molecular weight excluding hydrogens is 403 g/mol. The van der Waals surface area contributed by atoms with E-state index in [4.69, 9.17) is 4.43 Å². The molecule has 31 heavy (non-hydrogen) atoms. The Kier molecular flexibility index (Phi) is 5.86. The Bertz CT molecular complexity index is 983. The number of fused-ring (bicyclic) bond motifs is 2. The molecule has 0 N–H and O–H groups in total. The predicted octanol–water partition coefficient (Wildman–Crippen LogP) is 7.09. The third-order valence-electron chi connectivity index (χ3n) is 8.14. The molecular formula is C26H35FN2OSi. The molecule has 2 aromatic rings. The molecule has 2 aliphatic rings. The van der Waals surface area contributed by atoms with E-state index >= 15 is 0 Å². The van der Waals surface area contributed by atoms with Gasteiger partial charge < -0.3 is 4.43 Å². The molecule has 5 heteroatoms. The maximum Gasteiger partial charge on any atom is 0.192 e. The van der Waals surface area contributed by atoms with E-state index in [2.05, 4.69) is 51.5 Å². The molecule has 0 radical (unpaired) electrons. The van der Waals surface area contributed by atoms with Crippen molar-refractivity contribution in [2.75, 3.05) is 0 Å². The summed E-state index contributed by atoms with van der Waals surface area (Å²) in [6.45, 7) is 13.4. The van der Waals surface area contributed by atoms with Crippen LogP contribution < -0.4 is 0 Å². The van der Waals surface area contributed by atoms with Crippen LogP contribution in [0.25, 0.3) is 11.8 Å². The number of halogens is 1. The zero-order chi connectivity index (χ0) is 22.3. The highest BCUT2D eigenvalue weighted by molar-refractivity contribution is 6.73. The van der Waals surface area contributed by atoms with Crippen LogP contribution in [0.2, 0.25) is 18.1 Å². The van der Waals surface area contributed by atoms with Crippen LogP contribution in [0.5, 0.6) is 0 Å². The van der Waals surface area contributed by atoms with Crippen LogP contribution in [0.4, 0.5) is 4.39 Å². The van der Waals surface area contributed by atoms with Crippen molar-refractivity contribution in [3.05, 3.63) is 65.8 Å². The molecule has 0 amide bonds. The summed E-state index contributed by atoms with van der Waals surface area (Å²) in [4.78, 5) is 0. The lowest BCUT2D eigenvalue weighted by Crippen LogP contribution is -2.54. The summed E-state index contributed by atoms with van der Waals surface area (Å²) in [6, 6.07) is 10.0. The molecule has 0 bridgehead atoms. The van der Waals surface area contributed by atoms with Crippen LogP contribution in [-0.4, -0.2) is 23.7 Å². The summed E-state index contributed by atoms with van der Waals surface area (Å²) >= 11 is 0. The summed E-state index contributed by atoms with van der Waals surface area (Å²) in [5.74, 6) is -0.228. The molecule has 1 fully saturated rings. The van der Waals surface area contributed by atoms with Gasteiger partial charge in [-0.3, -0.25) is 0 Å². The van der Waals surface area contributed by atoms with Crippen LogP contribution in [0.3, 0.4) is 0 Å². The van der Waals surface area contributed by atoms with E-state index in [0.29, 0.717) is 0 Å². The zero-order valence-electron chi connectivity index (χ0n) is 19.4. The van der Waals surface area contributed by atoms with Gasteiger partial charge in [-0.25, -0.2) is 9.07 Å². The Morgan fingerprint density at radius 2 is 1.87 bits per heavy atom. The summed E-state index contributed by atoms with van der Waals surface area (Å²) in [5, 5.41) is 4.67. The first-order valence-corrected chi connectivity index (χ1v) is 14.2. The van der Waals surface area contributed by atoms with Crippen molar-refractivity contribution in [2.24, 2.45) is 5.41 Å². The van der Waals surface area contributed by atoms with Crippen molar-refractivity contribution in [1.29, 1.82) is 0 Å². The molecule has 1 heterocycles. The monoisotopic (exact) mass is 438 g/mol. The second-order valence-corrected chi connectivity index (χ2v) is 14.1. The van der Waals surface area contributed by atoms with Gasteiger partial charge in [0.05, 0.1) is 23.2 Å². The number of hydrogen-bond donors (Lipinski definition) is 0. The van der Waals surface area contributed by atoms with Gasteiger partial charge >= 0.3 is 0 Å². The van der Waals surface area contributed by atoms with Gasteiger partial charge in [0.1, 0.15) is 5.82 Å². The highest BCUT2D eigenvalue weighted by atomic mass is 28.4. The van der Waals surface area contributed by atoms with Gasteiger partial charge in [-0.05, 0) is 79.7 Å². The minimum atomic E-state index is -1.79. The lowest BCUT2D eigenvalue weighted by atomic mass is 9.66. The molecule has 3 nitrogen and oxygen atoms in total. The molecule has 4 rings (SSSR count). The van der Waals surface area contributed by atoms with E-state index in [1.54, 1.807) is 12.1 Å². The molecule has 0 saturated heterocycles. The second-order valence-electron chi connectivity index (χ2n) is 9.45. The second kappa shape index (κ2) is 8.17. The van der Waals surface area contributed by atoms with E-state index in [0.717, 1.165) is 55.2 Å². The molecule has 1 saturated carbocycles. The van der Waals surface area contributed by atoms with Crippen LogP contribution in [0, 0.1) is 11.2 Å². The minimum Gasteiger partial charge on any atom is -0.410 e. The molecule has 2 atom stereocenters. The lowest BCUT2D eigenvalue weighted by Gasteiger charge is -2.50. The first-order valence-electron chi connectivity index (χ1n) is 11.7. The zero-order valence-corrected chi connectivity index (χ0v) is 20.4. The third-order valence-corrected chi connectivity index (χ3v) is 12.8. The molecule has 0 aliphatic heterocycles. The van der Waals surface area contributed by atoms with Crippen LogP contribution in [0.15, 0.2) is 48.7 Å². The average Bonchev–Trinajstić information content (AvgIpc) is 3.29. The Morgan fingerprint density at radius 1 is 1.19 bits per heavy atom. The number of hydrogen-bond acceptors (Lipinski definition) is 2. The van der Waals surface area contributed by atoms with Crippen molar-refractivity contribution in [1.82, 2.24) is 9.78 Å². The van der Waals surface area contributed by atoms with E-state index in [9.17, 15) is 4.39 Å². The molecule has 0 spiro atoms. The van der Waals surface area contributed by atoms with Gasteiger partial charge in [-0.15, -0.1) is 6.58 Å². The van der Waals surface area contributed by atoms with Crippen molar-refractivity contribution < 1.29 is 8.82 Å². The average molecular weight is 439 g/mol. The third kappa shape index (κ3) is 3.46. The van der Waals surface area contributed by atoms with Crippen molar-refractivity contribution >= 4 is 14.4 Å². The number of aromatic nitrogens is 2. The number of benzene rings is 1. The van der Waals surface area contributed by atoms with Gasteiger partial charge in [-0.1, -0.05) is 39.3 Å². The highest BCUT2D eigenvalue weighted by Crippen LogP contribution is 2.59. The largest absolute Gasteiger partial charge is 0.410 e. The van der Waals surface area contributed by atoms with E-state index < -0.39 is 8.32 Å². The van der Waals surface area contributed by atoms with Gasteiger partial charge in [0.15, 0.2) is 8.32 Å². The Balaban J connectivity index is 1.76. The minimum absolute atomic E-state index is 0.0530. The van der Waals surface area contributed by atoms with Crippen LogP contribution >= 0.6 is 0 Å². The Morgan fingerprint density at radius 3 is 2.48 bits per heavy atom. The standard InChI is InChI=1S/C26H35FN2OSi/c1-6-15-26(30-31(7-2,8-3)9-4)16-14-21-17-24-20(18-25(21,26)5)19-28-29(24)23-12-10-22(27)11-13-23/h6,10-13,17,19H,1,7-9,14-16,18H2,2-5H3/t25-,26-/m0/s1. The summed E-state index contributed by atoms with van der Waals surface area (Å²) < 4.78 is 22.7. The smallest absolute Gasteiger partial charge is 0.192 e. The molecule has 1 aromatic carbocycles. The fraction of sp³-hybridized carbons (Fsp3) is 0.500. The molecule has 166 valence electrons. The first-order chi connectivity index (χ1) is 14.9. The maximum absolute atomic E-state index is 13.4. The van der Waals surface area contributed by atoms with Crippen molar-refractivity contribution in [2.45, 2.75) is 77.1 Å². The summed E-state index contributed by atoms with van der Waals surface area (Å²) in [5.41, 5.74) is 4.47. The van der Waals surface area contributed by atoms with Gasteiger partial charge in [0, 0.05) is 5.41 Å². The van der Waals surface area contributed by atoms with E-state index in [-0.39, 0.29) is 16.8 Å². The van der Waals surface area contributed by atoms with Crippen LogP contribution in [-0.2, 0) is 10.8 Å². The number of nitrogens with zero attached hydrogens (tertiary/aromatic N) is 2. The lowest BCUT2D eigenvalue weighted by molar-refractivity contribution is -0.0222.